The quantitative estimate of drug-likeness (QED) is 0.828. The normalized spacial score (nSPS) is 10.5. The van der Waals surface area contributed by atoms with Crippen molar-refractivity contribution in [2.75, 3.05) is 0 Å². The molecule has 0 aliphatic rings. The first-order chi connectivity index (χ1) is 8.11. The van der Waals surface area contributed by atoms with Crippen LogP contribution in [0.15, 0.2) is 36.4 Å². The van der Waals surface area contributed by atoms with Crippen molar-refractivity contribution in [1.29, 1.82) is 0 Å². The van der Waals surface area contributed by atoms with Crippen LogP contribution in [-0.4, -0.2) is 10.2 Å². The largest absolute Gasteiger partial charge is 0.507 e. The summed E-state index contributed by atoms with van der Waals surface area (Å²) in [6, 6.07) is 11.4. The van der Waals surface area contributed by atoms with Crippen LogP contribution in [0.3, 0.4) is 0 Å². The molecule has 2 rings (SSSR count). The fourth-order valence-electron chi connectivity index (χ4n) is 1.99. The van der Waals surface area contributed by atoms with Gasteiger partial charge in [-0.15, -0.1) is 0 Å². The summed E-state index contributed by atoms with van der Waals surface area (Å²) in [5.41, 5.74) is 4.60. The van der Waals surface area contributed by atoms with Crippen LogP contribution in [0.2, 0.25) is 0 Å². The molecule has 0 bridgehead atoms. The van der Waals surface area contributed by atoms with Crippen LogP contribution in [0, 0.1) is 13.8 Å². The Kier molecular flexibility index (Phi) is 3.16. The Bertz CT molecular complexity index is 545. The van der Waals surface area contributed by atoms with Gasteiger partial charge in [-0.2, -0.15) is 0 Å². The lowest BCUT2D eigenvalue weighted by Crippen LogP contribution is -1.91. The van der Waals surface area contributed by atoms with E-state index in [2.05, 4.69) is 0 Å². The van der Waals surface area contributed by atoms with Gasteiger partial charge in [-0.25, -0.2) is 0 Å². The second-order valence-electron chi connectivity index (χ2n) is 4.34. The maximum Gasteiger partial charge on any atom is 0.123 e. The Morgan fingerprint density at radius 3 is 2.06 bits per heavy atom. The highest BCUT2D eigenvalue weighted by molar-refractivity contribution is 5.73. The molecule has 0 atom stereocenters. The Hall–Kier alpha value is -1.80. The Labute approximate surface area is 101 Å². The van der Waals surface area contributed by atoms with Gasteiger partial charge in [0.15, 0.2) is 0 Å². The van der Waals surface area contributed by atoms with E-state index in [-0.39, 0.29) is 12.4 Å². The molecule has 88 valence electrons. The van der Waals surface area contributed by atoms with Crippen molar-refractivity contribution in [3.8, 4) is 16.9 Å². The van der Waals surface area contributed by atoms with Gasteiger partial charge in [0.25, 0.3) is 0 Å². The maximum atomic E-state index is 9.95. The summed E-state index contributed by atoms with van der Waals surface area (Å²) in [7, 11) is 0. The number of aliphatic hydroxyl groups is 1. The van der Waals surface area contributed by atoms with Gasteiger partial charge in [-0.05, 0) is 36.6 Å². The zero-order valence-electron chi connectivity index (χ0n) is 10.1. The van der Waals surface area contributed by atoms with E-state index in [1.807, 2.05) is 44.2 Å². The van der Waals surface area contributed by atoms with Crippen molar-refractivity contribution in [2.24, 2.45) is 0 Å². The van der Waals surface area contributed by atoms with Crippen LogP contribution in [0.4, 0.5) is 0 Å². The van der Waals surface area contributed by atoms with Crippen molar-refractivity contribution < 1.29 is 10.2 Å². The lowest BCUT2D eigenvalue weighted by molar-refractivity contribution is 0.282. The molecule has 0 aliphatic heterocycles. The molecule has 2 heteroatoms. The summed E-state index contributed by atoms with van der Waals surface area (Å²) in [5, 5.41) is 19.3. The first-order valence-corrected chi connectivity index (χ1v) is 5.62. The molecular formula is C15H16O2. The molecule has 17 heavy (non-hydrogen) atoms. The monoisotopic (exact) mass is 228 g/mol. The minimum atomic E-state index is -0.0235. The van der Waals surface area contributed by atoms with Crippen molar-refractivity contribution in [1.82, 2.24) is 0 Å². The first kappa shape index (κ1) is 11.7. The minimum absolute atomic E-state index is 0.0235. The molecule has 2 aromatic rings. The maximum absolute atomic E-state index is 9.95. The third-order valence-corrected chi connectivity index (χ3v) is 2.87. The second kappa shape index (κ2) is 4.60. The number of hydrogen-bond acceptors (Lipinski definition) is 2. The molecule has 0 amide bonds. The highest BCUT2D eigenvalue weighted by Gasteiger charge is 2.09. The smallest absolute Gasteiger partial charge is 0.123 e. The molecule has 0 saturated carbocycles. The SMILES string of the molecule is Cc1ccc(-c2ccc(C)cc2CO)c(O)c1. The number of phenols is 1. The van der Waals surface area contributed by atoms with Gasteiger partial charge >= 0.3 is 0 Å². The zero-order valence-corrected chi connectivity index (χ0v) is 10.1. The predicted octanol–water partition coefficient (Wildman–Crippen LogP) is 3.17. The number of aromatic hydroxyl groups is 1. The molecule has 0 saturated heterocycles. The van der Waals surface area contributed by atoms with Gasteiger partial charge < -0.3 is 10.2 Å². The van der Waals surface area contributed by atoms with E-state index in [0.717, 1.165) is 27.8 Å². The molecular weight excluding hydrogens is 212 g/mol. The minimum Gasteiger partial charge on any atom is -0.507 e. The van der Waals surface area contributed by atoms with E-state index in [1.54, 1.807) is 6.07 Å². The van der Waals surface area contributed by atoms with Crippen LogP contribution < -0.4 is 0 Å². The zero-order chi connectivity index (χ0) is 12.4. The van der Waals surface area contributed by atoms with Crippen LogP contribution in [0.1, 0.15) is 16.7 Å². The first-order valence-electron chi connectivity index (χ1n) is 5.62. The Balaban J connectivity index is 2.60. The topological polar surface area (TPSA) is 40.5 Å². The van der Waals surface area contributed by atoms with Gasteiger partial charge in [-0.1, -0.05) is 35.9 Å². The van der Waals surface area contributed by atoms with Crippen molar-refractivity contribution >= 4 is 0 Å². The summed E-state index contributed by atoms with van der Waals surface area (Å²) in [6.45, 7) is 3.90. The number of benzene rings is 2. The molecule has 0 aliphatic carbocycles. The lowest BCUT2D eigenvalue weighted by Gasteiger charge is -2.11. The summed E-state index contributed by atoms with van der Waals surface area (Å²) in [5.74, 6) is 0.253. The van der Waals surface area contributed by atoms with Gasteiger partial charge in [0.2, 0.25) is 0 Å². The molecule has 2 aromatic carbocycles. The highest BCUT2D eigenvalue weighted by Crippen LogP contribution is 2.32. The second-order valence-corrected chi connectivity index (χ2v) is 4.34. The van der Waals surface area contributed by atoms with Crippen LogP contribution in [-0.2, 0) is 6.61 Å². The molecule has 0 radical (unpaired) electrons. The van der Waals surface area contributed by atoms with Gasteiger partial charge in [0, 0.05) is 5.56 Å². The van der Waals surface area contributed by atoms with E-state index >= 15 is 0 Å². The van der Waals surface area contributed by atoms with Crippen molar-refractivity contribution in [3.05, 3.63) is 53.1 Å². The summed E-state index contributed by atoms with van der Waals surface area (Å²) in [4.78, 5) is 0. The predicted molar refractivity (Wildman–Crippen MR) is 68.9 cm³/mol. The highest BCUT2D eigenvalue weighted by atomic mass is 16.3. The fourth-order valence-corrected chi connectivity index (χ4v) is 1.99. The van der Waals surface area contributed by atoms with Crippen LogP contribution in [0.25, 0.3) is 11.1 Å². The molecule has 2 nitrogen and oxygen atoms in total. The van der Waals surface area contributed by atoms with E-state index < -0.39 is 0 Å². The summed E-state index contributed by atoms with van der Waals surface area (Å²) in [6.07, 6.45) is 0. The Morgan fingerprint density at radius 2 is 1.47 bits per heavy atom. The molecule has 0 spiro atoms. The van der Waals surface area contributed by atoms with E-state index in [9.17, 15) is 10.2 Å². The van der Waals surface area contributed by atoms with E-state index in [0.29, 0.717) is 0 Å². The number of rotatable bonds is 2. The Morgan fingerprint density at radius 1 is 0.882 bits per heavy atom. The summed E-state index contributed by atoms with van der Waals surface area (Å²) >= 11 is 0. The molecule has 0 unspecified atom stereocenters. The third kappa shape index (κ3) is 2.32. The standard InChI is InChI=1S/C15H16O2/c1-10-3-5-13(12(7-10)9-16)14-6-4-11(2)8-15(14)17/h3-8,16-17H,9H2,1-2H3. The molecule has 2 N–H and O–H groups in total. The lowest BCUT2D eigenvalue weighted by atomic mass is 9.96. The average molecular weight is 228 g/mol. The van der Waals surface area contributed by atoms with Gasteiger partial charge in [-0.3, -0.25) is 0 Å². The van der Waals surface area contributed by atoms with Crippen LogP contribution >= 0.6 is 0 Å². The van der Waals surface area contributed by atoms with E-state index in [4.69, 9.17) is 0 Å². The number of aryl methyl sites for hydroxylation is 2. The van der Waals surface area contributed by atoms with Crippen molar-refractivity contribution in [3.63, 3.8) is 0 Å². The summed E-state index contributed by atoms with van der Waals surface area (Å²) < 4.78 is 0. The van der Waals surface area contributed by atoms with Gasteiger partial charge in [0.05, 0.1) is 6.61 Å². The molecule has 0 heterocycles. The van der Waals surface area contributed by atoms with Crippen LogP contribution in [0.5, 0.6) is 5.75 Å². The number of phenolic OH excluding ortho intramolecular Hbond substituents is 1. The van der Waals surface area contributed by atoms with Gasteiger partial charge in [0.1, 0.15) is 5.75 Å². The van der Waals surface area contributed by atoms with Crippen molar-refractivity contribution in [2.45, 2.75) is 20.5 Å². The number of hydrogen-bond donors (Lipinski definition) is 2. The molecule has 0 aromatic heterocycles. The third-order valence-electron chi connectivity index (χ3n) is 2.87. The fraction of sp³-hybridized carbons (Fsp3) is 0.200. The molecule has 0 fully saturated rings. The number of aliphatic hydroxyl groups excluding tert-OH is 1. The average Bonchev–Trinajstić information content (AvgIpc) is 2.30. The van der Waals surface area contributed by atoms with E-state index in [1.165, 1.54) is 0 Å².